The molecule has 1 rings (SSSR count). The third-order valence-corrected chi connectivity index (χ3v) is 1.88. The molecule has 12 heavy (non-hydrogen) atoms. The maximum Gasteiger partial charge on any atom is 0.506 e. The summed E-state index contributed by atoms with van der Waals surface area (Å²) in [6, 6.07) is 0. The summed E-state index contributed by atoms with van der Waals surface area (Å²) in [7, 11) is 0. The van der Waals surface area contributed by atoms with Crippen molar-refractivity contribution >= 4 is 6.16 Å². The van der Waals surface area contributed by atoms with E-state index in [0.717, 1.165) is 0 Å². The molecule has 0 bridgehead atoms. The fourth-order valence-electron chi connectivity index (χ4n) is 1.45. The summed E-state index contributed by atoms with van der Waals surface area (Å²) >= 11 is 0. The van der Waals surface area contributed by atoms with Crippen molar-refractivity contribution in [1.29, 1.82) is 0 Å². The first-order chi connectivity index (χ1) is 5.58. The molecule has 0 heterocycles. The van der Waals surface area contributed by atoms with Gasteiger partial charge in [-0.1, -0.05) is 0 Å². The Balaban J connectivity index is 2.38. The van der Waals surface area contributed by atoms with Crippen LogP contribution in [0.3, 0.4) is 0 Å². The zero-order valence-electron chi connectivity index (χ0n) is 6.51. The number of aliphatic hydroxyl groups is 2. The van der Waals surface area contributed by atoms with E-state index in [1.165, 1.54) is 0 Å². The van der Waals surface area contributed by atoms with E-state index in [4.69, 9.17) is 15.3 Å². The largest absolute Gasteiger partial charge is 0.506 e. The molecule has 1 saturated carbocycles. The Bertz CT molecular complexity index is 159. The molecule has 1 fully saturated rings. The Morgan fingerprint density at radius 2 is 1.67 bits per heavy atom. The first kappa shape index (κ1) is 9.28. The Labute approximate surface area is 69.6 Å². The number of hydrogen-bond donors (Lipinski definition) is 3. The van der Waals surface area contributed by atoms with E-state index in [2.05, 4.69) is 4.74 Å². The normalized spacial score (nSPS) is 36.0. The van der Waals surface area contributed by atoms with E-state index in [-0.39, 0.29) is 12.8 Å². The predicted octanol–water partition coefficient (Wildman–Crippen LogP) is -0.0447. The fourth-order valence-corrected chi connectivity index (χ4v) is 1.45. The van der Waals surface area contributed by atoms with Crippen LogP contribution in [0.25, 0.3) is 0 Å². The number of ether oxygens (including phenoxy) is 1. The zero-order valence-corrected chi connectivity index (χ0v) is 6.51. The molecule has 5 heteroatoms. The van der Waals surface area contributed by atoms with E-state index in [1.54, 1.807) is 0 Å². The van der Waals surface area contributed by atoms with Gasteiger partial charge in [-0.15, -0.1) is 0 Å². The fraction of sp³-hybridized carbons (Fsp3) is 0.857. The summed E-state index contributed by atoms with van der Waals surface area (Å²) in [5.41, 5.74) is 0. The zero-order chi connectivity index (χ0) is 9.14. The third-order valence-electron chi connectivity index (χ3n) is 1.88. The van der Waals surface area contributed by atoms with Crippen molar-refractivity contribution in [3.63, 3.8) is 0 Å². The molecule has 0 radical (unpaired) electrons. The van der Waals surface area contributed by atoms with Crippen molar-refractivity contribution in [2.45, 2.75) is 37.6 Å². The highest BCUT2D eigenvalue weighted by Crippen LogP contribution is 2.21. The lowest BCUT2D eigenvalue weighted by Gasteiger charge is -2.28. The predicted molar refractivity (Wildman–Crippen MR) is 38.8 cm³/mol. The molecule has 0 amide bonds. The molecule has 1 aliphatic carbocycles. The Kier molecular flexibility index (Phi) is 2.88. The number of rotatable bonds is 1. The van der Waals surface area contributed by atoms with Crippen molar-refractivity contribution in [2.75, 3.05) is 0 Å². The van der Waals surface area contributed by atoms with E-state index in [0.29, 0.717) is 6.42 Å². The van der Waals surface area contributed by atoms with Crippen molar-refractivity contribution in [3.05, 3.63) is 0 Å². The highest BCUT2D eigenvalue weighted by atomic mass is 16.7. The average molecular weight is 176 g/mol. The Morgan fingerprint density at radius 1 is 1.17 bits per heavy atom. The molecule has 0 aliphatic heterocycles. The summed E-state index contributed by atoms with van der Waals surface area (Å²) in [6.45, 7) is 0. The number of carboxylic acid groups (broad SMARTS) is 1. The molecule has 0 saturated heterocycles. The van der Waals surface area contributed by atoms with Crippen LogP contribution in [0.15, 0.2) is 0 Å². The smallest absolute Gasteiger partial charge is 0.450 e. The monoisotopic (exact) mass is 176 g/mol. The van der Waals surface area contributed by atoms with Crippen LogP contribution in [-0.4, -0.2) is 39.8 Å². The van der Waals surface area contributed by atoms with Gasteiger partial charge in [0, 0.05) is 12.8 Å². The second-order valence-electron chi connectivity index (χ2n) is 3.02. The van der Waals surface area contributed by atoms with E-state index >= 15 is 0 Å². The lowest BCUT2D eigenvalue weighted by atomic mass is 9.93. The van der Waals surface area contributed by atoms with Gasteiger partial charge >= 0.3 is 6.16 Å². The van der Waals surface area contributed by atoms with Crippen LogP contribution in [-0.2, 0) is 4.74 Å². The quantitative estimate of drug-likeness (QED) is 0.488. The molecule has 0 aromatic rings. The standard InChI is InChI=1S/C7H12O5/c8-4-1-5(9)3-6(2-4)12-7(10)11/h4-6,8-9H,1-3H2,(H,10,11)/t4-,5+,6?. The molecular weight excluding hydrogens is 164 g/mol. The second-order valence-corrected chi connectivity index (χ2v) is 3.02. The van der Waals surface area contributed by atoms with Crippen LogP contribution in [0, 0.1) is 0 Å². The molecule has 1 aliphatic rings. The van der Waals surface area contributed by atoms with Gasteiger partial charge in [-0.3, -0.25) is 0 Å². The van der Waals surface area contributed by atoms with Gasteiger partial charge in [-0.2, -0.15) is 0 Å². The first-order valence-electron chi connectivity index (χ1n) is 3.83. The molecule has 5 nitrogen and oxygen atoms in total. The highest BCUT2D eigenvalue weighted by molar-refractivity contribution is 5.57. The lowest BCUT2D eigenvalue weighted by molar-refractivity contribution is -0.0430. The summed E-state index contributed by atoms with van der Waals surface area (Å²) in [5, 5.41) is 26.5. The van der Waals surface area contributed by atoms with Crippen molar-refractivity contribution in [1.82, 2.24) is 0 Å². The number of hydrogen-bond acceptors (Lipinski definition) is 4. The molecular formula is C7H12O5. The Hall–Kier alpha value is -0.810. The second kappa shape index (κ2) is 3.73. The molecule has 3 N–H and O–H groups in total. The maximum absolute atomic E-state index is 10.1. The minimum absolute atomic E-state index is 0.281. The molecule has 70 valence electrons. The van der Waals surface area contributed by atoms with Crippen molar-refractivity contribution in [3.8, 4) is 0 Å². The van der Waals surface area contributed by atoms with Crippen LogP contribution in [0.2, 0.25) is 0 Å². The molecule has 0 aromatic heterocycles. The van der Waals surface area contributed by atoms with Gasteiger partial charge in [-0.25, -0.2) is 4.79 Å². The van der Waals surface area contributed by atoms with Crippen LogP contribution < -0.4 is 0 Å². The molecule has 3 atom stereocenters. The van der Waals surface area contributed by atoms with E-state index in [9.17, 15) is 4.79 Å². The average Bonchev–Trinajstić information content (AvgIpc) is 1.81. The first-order valence-corrected chi connectivity index (χ1v) is 3.83. The van der Waals surface area contributed by atoms with E-state index in [1.807, 2.05) is 0 Å². The highest BCUT2D eigenvalue weighted by Gasteiger charge is 2.28. The van der Waals surface area contributed by atoms with Gasteiger partial charge in [0.2, 0.25) is 0 Å². The number of carbonyl (C=O) groups is 1. The SMILES string of the molecule is O=C(O)OC1C[C@@H](O)C[C@@H](O)C1. The summed E-state index contributed by atoms with van der Waals surface area (Å²) in [4.78, 5) is 10.1. The summed E-state index contributed by atoms with van der Waals surface area (Å²) in [5.74, 6) is 0. The molecule has 0 spiro atoms. The van der Waals surface area contributed by atoms with Crippen molar-refractivity contribution < 1.29 is 24.9 Å². The van der Waals surface area contributed by atoms with Crippen molar-refractivity contribution in [2.24, 2.45) is 0 Å². The topological polar surface area (TPSA) is 87.0 Å². The van der Waals surface area contributed by atoms with Gasteiger partial charge in [0.15, 0.2) is 0 Å². The van der Waals surface area contributed by atoms with Gasteiger partial charge in [0.1, 0.15) is 6.10 Å². The molecule has 1 unspecified atom stereocenters. The molecule has 0 aromatic carbocycles. The van der Waals surface area contributed by atoms with Gasteiger partial charge in [0.25, 0.3) is 0 Å². The van der Waals surface area contributed by atoms with Gasteiger partial charge in [-0.05, 0) is 6.42 Å². The van der Waals surface area contributed by atoms with Crippen LogP contribution in [0.1, 0.15) is 19.3 Å². The number of aliphatic hydroxyl groups excluding tert-OH is 2. The van der Waals surface area contributed by atoms with Crippen LogP contribution in [0.4, 0.5) is 4.79 Å². The van der Waals surface area contributed by atoms with Gasteiger partial charge in [0.05, 0.1) is 12.2 Å². The summed E-state index contributed by atoms with van der Waals surface area (Å²) < 4.78 is 4.43. The summed E-state index contributed by atoms with van der Waals surface area (Å²) in [6.07, 6.45) is -2.37. The van der Waals surface area contributed by atoms with E-state index < -0.39 is 24.5 Å². The third kappa shape index (κ3) is 2.67. The Morgan fingerprint density at radius 3 is 2.08 bits per heavy atom. The van der Waals surface area contributed by atoms with Crippen LogP contribution in [0.5, 0.6) is 0 Å². The van der Waals surface area contributed by atoms with Gasteiger partial charge < -0.3 is 20.1 Å². The minimum atomic E-state index is -1.36. The lowest BCUT2D eigenvalue weighted by Crippen LogP contribution is -2.35. The maximum atomic E-state index is 10.1. The minimum Gasteiger partial charge on any atom is -0.450 e. The van der Waals surface area contributed by atoms with Crippen LogP contribution >= 0.6 is 0 Å².